The van der Waals surface area contributed by atoms with E-state index in [2.05, 4.69) is 32.2 Å². The van der Waals surface area contributed by atoms with Crippen molar-refractivity contribution in [3.8, 4) is 0 Å². The van der Waals surface area contributed by atoms with Crippen molar-refractivity contribution in [2.75, 3.05) is 18.0 Å². The number of benzene rings is 1. The third-order valence-corrected chi connectivity index (χ3v) is 4.13. The van der Waals surface area contributed by atoms with Crippen molar-refractivity contribution in [2.45, 2.75) is 12.5 Å². The molecule has 1 aliphatic heterocycles. The number of amides is 1. The number of halogens is 1. The van der Waals surface area contributed by atoms with Crippen LogP contribution in [0.5, 0.6) is 0 Å². The second-order valence-electron chi connectivity index (χ2n) is 4.83. The molecule has 1 unspecified atom stereocenters. The van der Waals surface area contributed by atoms with Crippen LogP contribution in [-0.2, 0) is 0 Å². The maximum Gasteiger partial charge on any atom is 0.287 e. The van der Waals surface area contributed by atoms with E-state index in [0.29, 0.717) is 5.76 Å². The van der Waals surface area contributed by atoms with Gasteiger partial charge in [0.2, 0.25) is 0 Å². The van der Waals surface area contributed by atoms with Gasteiger partial charge in [0.15, 0.2) is 5.76 Å². The number of furan rings is 1. The van der Waals surface area contributed by atoms with Gasteiger partial charge in [0.25, 0.3) is 5.91 Å². The molecule has 0 bridgehead atoms. The maximum atomic E-state index is 11.9. The molecule has 2 aromatic rings. The standard InChI is InChI=1S/C15H15BrN2O2/c16-12-4-1-2-5-13(12)18-8-7-11(10-18)17-15(19)14-6-3-9-20-14/h1-6,9,11H,7-8,10H2,(H,17,19). The normalized spacial score (nSPS) is 18.2. The average Bonchev–Trinajstić information content (AvgIpc) is 3.10. The van der Waals surface area contributed by atoms with E-state index in [9.17, 15) is 4.79 Å². The molecule has 0 saturated carbocycles. The fourth-order valence-corrected chi connectivity index (χ4v) is 3.00. The van der Waals surface area contributed by atoms with E-state index in [1.165, 1.54) is 12.0 Å². The van der Waals surface area contributed by atoms with Crippen molar-refractivity contribution in [3.63, 3.8) is 0 Å². The summed E-state index contributed by atoms with van der Waals surface area (Å²) in [6.07, 6.45) is 2.45. The summed E-state index contributed by atoms with van der Waals surface area (Å²) in [5.74, 6) is 0.221. The molecule has 3 rings (SSSR count). The number of hydrogen-bond donors (Lipinski definition) is 1. The molecule has 1 aliphatic rings. The highest BCUT2D eigenvalue weighted by molar-refractivity contribution is 9.10. The Labute approximate surface area is 125 Å². The Bertz CT molecular complexity index is 598. The Morgan fingerprint density at radius 3 is 2.90 bits per heavy atom. The van der Waals surface area contributed by atoms with E-state index >= 15 is 0 Å². The highest BCUT2D eigenvalue weighted by Crippen LogP contribution is 2.28. The van der Waals surface area contributed by atoms with Crippen LogP contribution >= 0.6 is 15.9 Å². The van der Waals surface area contributed by atoms with Crippen LogP contribution in [0.4, 0.5) is 5.69 Å². The molecule has 1 aromatic heterocycles. The van der Waals surface area contributed by atoms with Gasteiger partial charge < -0.3 is 14.6 Å². The second kappa shape index (κ2) is 5.71. The van der Waals surface area contributed by atoms with Gasteiger partial charge in [-0.15, -0.1) is 0 Å². The van der Waals surface area contributed by atoms with Crippen LogP contribution in [0.1, 0.15) is 17.0 Å². The molecular weight excluding hydrogens is 320 g/mol. The summed E-state index contributed by atoms with van der Waals surface area (Å²) in [4.78, 5) is 14.2. The quantitative estimate of drug-likeness (QED) is 0.938. The Balaban J connectivity index is 1.63. The Morgan fingerprint density at radius 2 is 2.15 bits per heavy atom. The van der Waals surface area contributed by atoms with Crippen LogP contribution in [-0.4, -0.2) is 25.0 Å². The lowest BCUT2D eigenvalue weighted by atomic mass is 10.2. The van der Waals surface area contributed by atoms with Gasteiger partial charge in [-0.05, 0) is 46.6 Å². The van der Waals surface area contributed by atoms with Crippen LogP contribution in [0.3, 0.4) is 0 Å². The van der Waals surface area contributed by atoms with Gasteiger partial charge in [-0.3, -0.25) is 4.79 Å². The molecule has 0 spiro atoms. The first kappa shape index (κ1) is 13.2. The van der Waals surface area contributed by atoms with Crippen LogP contribution < -0.4 is 10.2 Å². The van der Waals surface area contributed by atoms with Gasteiger partial charge >= 0.3 is 0 Å². The number of carbonyl (C=O) groups is 1. The minimum Gasteiger partial charge on any atom is -0.459 e. The lowest BCUT2D eigenvalue weighted by Gasteiger charge is -2.20. The zero-order valence-electron chi connectivity index (χ0n) is 10.9. The minimum absolute atomic E-state index is 0.144. The number of rotatable bonds is 3. The third-order valence-electron chi connectivity index (χ3n) is 3.46. The number of anilines is 1. The molecular formula is C15H15BrN2O2. The molecule has 5 heteroatoms. The molecule has 1 amide bonds. The smallest absolute Gasteiger partial charge is 0.287 e. The van der Waals surface area contributed by atoms with Crippen LogP contribution in [0, 0.1) is 0 Å². The molecule has 1 aromatic carbocycles. The molecule has 20 heavy (non-hydrogen) atoms. The molecule has 4 nitrogen and oxygen atoms in total. The van der Waals surface area contributed by atoms with E-state index in [1.54, 1.807) is 12.1 Å². The molecule has 1 fully saturated rings. The van der Waals surface area contributed by atoms with Crippen molar-refractivity contribution in [3.05, 3.63) is 52.9 Å². The van der Waals surface area contributed by atoms with Crippen molar-refractivity contribution >= 4 is 27.5 Å². The van der Waals surface area contributed by atoms with Crippen molar-refractivity contribution in [1.82, 2.24) is 5.32 Å². The second-order valence-corrected chi connectivity index (χ2v) is 5.69. The zero-order chi connectivity index (χ0) is 13.9. The summed E-state index contributed by atoms with van der Waals surface area (Å²) in [5.41, 5.74) is 1.17. The number of para-hydroxylation sites is 1. The van der Waals surface area contributed by atoms with E-state index in [-0.39, 0.29) is 11.9 Å². The van der Waals surface area contributed by atoms with Crippen molar-refractivity contribution < 1.29 is 9.21 Å². The predicted octanol–water partition coefficient (Wildman–Crippen LogP) is 3.05. The maximum absolute atomic E-state index is 11.9. The van der Waals surface area contributed by atoms with Gasteiger partial charge in [0.05, 0.1) is 12.0 Å². The predicted molar refractivity (Wildman–Crippen MR) is 80.9 cm³/mol. The Morgan fingerprint density at radius 1 is 1.30 bits per heavy atom. The molecule has 1 N–H and O–H groups in total. The Kier molecular flexibility index (Phi) is 3.78. The highest BCUT2D eigenvalue weighted by Gasteiger charge is 2.25. The third kappa shape index (κ3) is 2.72. The molecule has 0 radical (unpaired) electrons. The summed E-state index contributed by atoms with van der Waals surface area (Å²) in [7, 11) is 0. The topological polar surface area (TPSA) is 45.5 Å². The Hall–Kier alpha value is -1.75. The van der Waals surface area contributed by atoms with Gasteiger partial charge in [-0.2, -0.15) is 0 Å². The van der Waals surface area contributed by atoms with Crippen molar-refractivity contribution in [2.24, 2.45) is 0 Å². The molecule has 1 saturated heterocycles. The van der Waals surface area contributed by atoms with E-state index in [4.69, 9.17) is 4.42 Å². The molecule has 2 heterocycles. The fourth-order valence-electron chi connectivity index (χ4n) is 2.47. The lowest BCUT2D eigenvalue weighted by Crippen LogP contribution is -2.37. The monoisotopic (exact) mass is 334 g/mol. The van der Waals surface area contributed by atoms with Gasteiger partial charge in [0.1, 0.15) is 0 Å². The number of nitrogens with zero attached hydrogens (tertiary/aromatic N) is 1. The van der Waals surface area contributed by atoms with Crippen molar-refractivity contribution in [1.29, 1.82) is 0 Å². The van der Waals surface area contributed by atoms with Gasteiger partial charge in [-0.1, -0.05) is 12.1 Å². The zero-order valence-corrected chi connectivity index (χ0v) is 12.5. The first-order valence-corrected chi connectivity index (χ1v) is 7.37. The fraction of sp³-hybridized carbons (Fsp3) is 0.267. The number of hydrogen-bond acceptors (Lipinski definition) is 3. The summed E-state index contributed by atoms with van der Waals surface area (Å²) in [6.45, 7) is 1.75. The largest absolute Gasteiger partial charge is 0.459 e. The van der Waals surface area contributed by atoms with Gasteiger partial charge in [0, 0.05) is 23.6 Å². The summed E-state index contributed by atoms with van der Waals surface area (Å²) in [5, 5.41) is 3.01. The summed E-state index contributed by atoms with van der Waals surface area (Å²) < 4.78 is 6.18. The van der Waals surface area contributed by atoms with E-state index < -0.39 is 0 Å². The summed E-state index contributed by atoms with van der Waals surface area (Å²) in [6, 6.07) is 11.7. The van der Waals surface area contributed by atoms with E-state index in [0.717, 1.165) is 24.0 Å². The molecule has 104 valence electrons. The summed E-state index contributed by atoms with van der Waals surface area (Å²) >= 11 is 3.56. The van der Waals surface area contributed by atoms with Crippen LogP contribution in [0.2, 0.25) is 0 Å². The van der Waals surface area contributed by atoms with Crippen LogP contribution in [0.15, 0.2) is 51.6 Å². The molecule has 0 aliphatic carbocycles. The number of carbonyl (C=O) groups excluding carboxylic acids is 1. The average molecular weight is 335 g/mol. The SMILES string of the molecule is O=C(NC1CCN(c2ccccc2Br)C1)c1ccco1. The van der Waals surface area contributed by atoms with Gasteiger partial charge in [-0.25, -0.2) is 0 Å². The number of nitrogens with one attached hydrogen (secondary N) is 1. The van der Waals surface area contributed by atoms with Crippen LogP contribution in [0.25, 0.3) is 0 Å². The minimum atomic E-state index is -0.144. The lowest BCUT2D eigenvalue weighted by molar-refractivity contribution is 0.0912. The highest BCUT2D eigenvalue weighted by atomic mass is 79.9. The molecule has 1 atom stereocenters. The first-order chi connectivity index (χ1) is 9.74. The first-order valence-electron chi connectivity index (χ1n) is 6.58. The van der Waals surface area contributed by atoms with E-state index in [1.807, 2.05) is 18.2 Å².